The van der Waals surface area contributed by atoms with E-state index in [2.05, 4.69) is 6.92 Å². The van der Waals surface area contributed by atoms with E-state index < -0.39 is 15.9 Å². The van der Waals surface area contributed by atoms with Crippen molar-refractivity contribution in [2.24, 2.45) is 0 Å². The molecule has 0 saturated carbocycles. The topological polar surface area (TPSA) is 124 Å². The molecule has 1 aliphatic heterocycles. The Balaban J connectivity index is 1.72. The molecule has 1 saturated heterocycles. The van der Waals surface area contributed by atoms with Gasteiger partial charge in [0.1, 0.15) is 23.2 Å². The number of methoxy groups -OCH3 is 2. The third-order valence-corrected chi connectivity index (χ3v) is 8.00. The summed E-state index contributed by atoms with van der Waals surface area (Å²) >= 11 is 0. The number of nitrogens with one attached hydrogen (secondary N) is 1. The van der Waals surface area contributed by atoms with Crippen LogP contribution in [-0.4, -0.2) is 63.9 Å². The molecule has 3 rings (SSSR count). The number of unbranched alkanes of at least 4 members (excludes halogenated alkanes) is 1. The third-order valence-electron chi connectivity index (χ3n) is 6.06. The van der Waals surface area contributed by atoms with Gasteiger partial charge in [-0.2, -0.15) is 4.31 Å². The van der Waals surface area contributed by atoms with Gasteiger partial charge in [-0.3, -0.25) is 10.0 Å². The van der Waals surface area contributed by atoms with E-state index in [4.69, 9.17) is 18.9 Å². The molecule has 1 heterocycles. The number of ether oxygens (including phenoxy) is 4. The van der Waals surface area contributed by atoms with Gasteiger partial charge in [0, 0.05) is 13.1 Å². The molecule has 1 amide bonds. The number of benzene rings is 2. The molecule has 11 heteroatoms. The van der Waals surface area contributed by atoms with Gasteiger partial charge in [-0.15, -0.1) is 0 Å². The first-order valence-corrected chi connectivity index (χ1v) is 13.3. The Labute approximate surface area is 212 Å². The Kier molecular flexibility index (Phi) is 9.41. The lowest BCUT2D eigenvalue weighted by Gasteiger charge is -2.32. The largest absolute Gasteiger partial charge is 0.493 e. The van der Waals surface area contributed by atoms with Crippen molar-refractivity contribution < 1.29 is 37.4 Å². The summed E-state index contributed by atoms with van der Waals surface area (Å²) in [7, 11) is -1.42. The zero-order chi connectivity index (χ0) is 26.3. The lowest BCUT2D eigenvalue weighted by Crippen LogP contribution is -2.42. The van der Waals surface area contributed by atoms with Gasteiger partial charge in [0.05, 0.1) is 25.7 Å². The minimum atomic E-state index is -4.07. The zero-order valence-electron chi connectivity index (χ0n) is 21.1. The van der Waals surface area contributed by atoms with Gasteiger partial charge in [-0.1, -0.05) is 13.3 Å². The summed E-state index contributed by atoms with van der Waals surface area (Å²) in [6, 6.07) is 8.36. The number of hydrogen-bond acceptors (Lipinski definition) is 8. The van der Waals surface area contributed by atoms with Crippen LogP contribution in [0.4, 0.5) is 0 Å². The van der Waals surface area contributed by atoms with Crippen molar-refractivity contribution >= 4 is 15.9 Å². The third kappa shape index (κ3) is 6.03. The Hall–Kier alpha value is -3.02. The maximum atomic E-state index is 13.5. The SMILES string of the molecule is CCCCOc1ccc(OC2CCN(S(=O)(=O)c3ccc(OC)c(OC)c3C(=O)NO)CC2)cc1C. The number of carbonyl (C=O) groups is 1. The Morgan fingerprint density at radius 3 is 2.39 bits per heavy atom. The minimum absolute atomic E-state index is 0.0826. The summed E-state index contributed by atoms with van der Waals surface area (Å²) in [6.45, 7) is 5.17. The van der Waals surface area contributed by atoms with Crippen molar-refractivity contribution in [1.82, 2.24) is 9.79 Å². The monoisotopic (exact) mass is 522 g/mol. The molecule has 1 fully saturated rings. The minimum Gasteiger partial charge on any atom is -0.493 e. The second-order valence-corrected chi connectivity index (χ2v) is 10.4. The molecule has 2 aromatic rings. The van der Waals surface area contributed by atoms with Gasteiger partial charge in [-0.05, 0) is 62.1 Å². The first kappa shape index (κ1) is 27.6. The van der Waals surface area contributed by atoms with E-state index in [-0.39, 0.29) is 41.2 Å². The van der Waals surface area contributed by atoms with Crippen LogP contribution in [0.25, 0.3) is 0 Å². The standard InChI is InChI=1S/C25H34N2O8S/c1-5-6-15-34-20-8-7-19(16-17(20)2)35-18-11-13-27(14-12-18)36(30,31)22-10-9-21(32-3)24(33-4)23(22)25(28)26-29/h7-10,16,18,29H,5-6,11-15H2,1-4H3,(H,26,28). The van der Waals surface area contributed by atoms with Crippen LogP contribution in [0, 0.1) is 6.92 Å². The Morgan fingerprint density at radius 2 is 1.81 bits per heavy atom. The average Bonchev–Trinajstić information content (AvgIpc) is 2.88. The second-order valence-electron chi connectivity index (χ2n) is 8.47. The van der Waals surface area contributed by atoms with E-state index in [1.807, 2.05) is 25.1 Å². The number of hydroxylamine groups is 1. The van der Waals surface area contributed by atoms with Crippen LogP contribution in [0.1, 0.15) is 48.5 Å². The summed E-state index contributed by atoms with van der Waals surface area (Å²) in [6.07, 6.45) is 2.85. The van der Waals surface area contributed by atoms with Crippen molar-refractivity contribution in [2.45, 2.75) is 50.5 Å². The number of aryl methyl sites for hydroxylation is 1. The Morgan fingerprint density at radius 1 is 1.11 bits per heavy atom. The normalized spacial score (nSPS) is 14.8. The van der Waals surface area contributed by atoms with Gasteiger partial charge in [0.2, 0.25) is 10.0 Å². The molecule has 0 aromatic heterocycles. The first-order valence-electron chi connectivity index (χ1n) is 11.9. The summed E-state index contributed by atoms with van der Waals surface area (Å²) < 4.78 is 50.6. The molecule has 10 nitrogen and oxygen atoms in total. The van der Waals surface area contributed by atoms with Crippen LogP contribution >= 0.6 is 0 Å². The highest BCUT2D eigenvalue weighted by Crippen LogP contribution is 2.37. The van der Waals surface area contributed by atoms with Gasteiger partial charge in [0.25, 0.3) is 5.91 Å². The highest BCUT2D eigenvalue weighted by molar-refractivity contribution is 7.89. The number of carbonyl (C=O) groups excluding carboxylic acids is 1. The van der Waals surface area contributed by atoms with Crippen molar-refractivity contribution in [2.75, 3.05) is 33.9 Å². The molecule has 2 aromatic carbocycles. The number of rotatable bonds is 11. The van der Waals surface area contributed by atoms with Crippen LogP contribution < -0.4 is 24.4 Å². The number of piperidine rings is 1. The molecule has 1 aliphatic rings. The maximum absolute atomic E-state index is 13.5. The summed E-state index contributed by atoms with van der Waals surface area (Å²) in [5.41, 5.74) is 2.15. The fraction of sp³-hybridized carbons (Fsp3) is 0.480. The van der Waals surface area contributed by atoms with Crippen LogP contribution in [0.3, 0.4) is 0 Å². The van der Waals surface area contributed by atoms with Crippen molar-refractivity contribution in [3.8, 4) is 23.0 Å². The van der Waals surface area contributed by atoms with Crippen LogP contribution in [0.5, 0.6) is 23.0 Å². The van der Waals surface area contributed by atoms with Crippen LogP contribution in [0.2, 0.25) is 0 Å². The second kappa shape index (κ2) is 12.3. The predicted molar refractivity (Wildman–Crippen MR) is 133 cm³/mol. The van der Waals surface area contributed by atoms with E-state index in [0.29, 0.717) is 25.2 Å². The molecule has 0 spiro atoms. The molecule has 2 N–H and O–H groups in total. The molecule has 0 atom stereocenters. The quantitative estimate of drug-likeness (QED) is 0.261. The molecular formula is C25H34N2O8S. The molecule has 0 aliphatic carbocycles. The van der Waals surface area contributed by atoms with E-state index in [9.17, 15) is 18.4 Å². The van der Waals surface area contributed by atoms with Crippen molar-refractivity contribution in [3.63, 3.8) is 0 Å². The van der Waals surface area contributed by atoms with E-state index in [1.165, 1.54) is 36.1 Å². The van der Waals surface area contributed by atoms with Crippen LogP contribution in [-0.2, 0) is 10.0 Å². The first-order chi connectivity index (χ1) is 17.3. The fourth-order valence-corrected chi connectivity index (χ4v) is 5.75. The summed E-state index contributed by atoms with van der Waals surface area (Å²) in [5, 5.41) is 9.21. The van der Waals surface area contributed by atoms with Gasteiger partial charge >= 0.3 is 0 Å². The van der Waals surface area contributed by atoms with Crippen LogP contribution in [0.15, 0.2) is 35.2 Å². The highest BCUT2D eigenvalue weighted by Gasteiger charge is 2.35. The smallest absolute Gasteiger partial charge is 0.279 e. The number of nitrogens with zero attached hydrogens (tertiary/aromatic N) is 1. The fourth-order valence-electron chi connectivity index (χ4n) is 4.10. The summed E-state index contributed by atoms with van der Waals surface area (Å²) in [4.78, 5) is 12.1. The molecule has 0 unspecified atom stereocenters. The molecule has 0 radical (unpaired) electrons. The summed E-state index contributed by atoms with van der Waals surface area (Å²) in [5.74, 6) is 0.605. The van der Waals surface area contributed by atoms with Gasteiger partial charge in [-0.25, -0.2) is 13.9 Å². The van der Waals surface area contributed by atoms with Gasteiger partial charge in [0.15, 0.2) is 11.5 Å². The molecular weight excluding hydrogens is 488 g/mol. The zero-order valence-corrected chi connectivity index (χ0v) is 21.9. The molecule has 36 heavy (non-hydrogen) atoms. The average molecular weight is 523 g/mol. The molecule has 198 valence electrons. The number of amides is 1. The van der Waals surface area contributed by atoms with Gasteiger partial charge < -0.3 is 18.9 Å². The molecule has 0 bridgehead atoms. The van der Waals surface area contributed by atoms with E-state index >= 15 is 0 Å². The van der Waals surface area contributed by atoms with Crippen molar-refractivity contribution in [1.29, 1.82) is 0 Å². The highest BCUT2D eigenvalue weighted by atomic mass is 32.2. The number of hydrogen-bond donors (Lipinski definition) is 2. The van der Waals surface area contributed by atoms with E-state index in [1.54, 1.807) is 0 Å². The van der Waals surface area contributed by atoms with E-state index in [0.717, 1.165) is 24.2 Å². The maximum Gasteiger partial charge on any atom is 0.279 e. The lowest BCUT2D eigenvalue weighted by molar-refractivity contribution is 0.0698. The van der Waals surface area contributed by atoms with Crippen molar-refractivity contribution in [3.05, 3.63) is 41.5 Å². The predicted octanol–water partition coefficient (Wildman–Crippen LogP) is 3.54. The number of sulfonamides is 1. The lowest BCUT2D eigenvalue weighted by atomic mass is 10.1. The Bertz CT molecular complexity index is 1160.